The predicted octanol–water partition coefficient (Wildman–Crippen LogP) is 4.37. The molecule has 7 heteroatoms. The molecule has 21 heavy (non-hydrogen) atoms. The van der Waals surface area contributed by atoms with Gasteiger partial charge in [-0.1, -0.05) is 37.3 Å². The zero-order valence-electron chi connectivity index (χ0n) is 11.7. The van der Waals surface area contributed by atoms with E-state index in [-0.39, 0.29) is 0 Å². The monoisotopic (exact) mass is 315 g/mol. The van der Waals surface area contributed by atoms with Crippen molar-refractivity contribution in [2.75, 3.05) is 5.32 Å². The van der Waals surface area contributed by atoms with Crippen LogP contribution in [0.15, 0.2) is 24.3 Å². The van der Waals surface area contributed by atoms with Gasteiger partial charge in [-0.15, -0.1) is 10.2 Å². The molecule has 0 aliphatic heterocycles. The van der Waals surface area contributed by atoms with Gasteiger partial charge in [-0.25, -0.2) is 0 Å². The van der Waals surface area contributed by atoms with Crippen LogP contribution in [0.3, 0.4) is 0 Å². The van der Waals surface area contributed by atoms with Crippen molar-refractivity contribution in [3.63, 3.8) is 0 Å². The molecule has 2 rings (SSSR count). The normalized spacial score (nSPS) is 11.9. The van der Waals surface area contributed by atoms with Crippen molar-refractivity contribution in [2.45, 2.75) is 33.0 Å². The average molecular weight is 315 g/mol. The minimum absolute atomic E-state index is 0.292. The Morgan fingerprint density at radius 1 is 1.24 bits per heavy atom. The molecule has 0 aliphatic rings. The van der Waals surface area contributed by atoms with Gasteiger partial charge in [-0.2, -0.15) is 13.2 Å². The molecule has 1 N–H and O–H groups in total. The molecular weight excluding hydrogens is 299 g/mol. The first-order valence-corrected chi connectivity index (χ1v) is 7.38. The molecule has 2 aromatic rings. The van der Waals surface area contributed by atoms with Gasteiger partial charge in [-0.05, 0) is 23.6 Å². The Morgan fingerprint density at radius 3 is 2.67 bits per heavy atom. The summed E-state index contributed by atoms with van der Waals surface area (Å²) in [6, 6.07) is 5.26. The smallest absolute Gasteiger partial charge is 0.356 e. The fourth-order valence-electron chi connectivity index (χ4n) is 1.79. The van der Waals surface area contributed by atoms with Gasteiger partial charge in [0.25, 0.3) is 0 Å². The van der Waals surface area contributed by atoms with Gasteiger partial charge in [0.05, 0.1) is 5.56 Å². The van der Waals surface area contributed by atoms with Crippen LogP contribution in [0.2, 0.25) is 0 Å². The highest BCUT2D eigenvalue weighted by atomic mass is 32.1. The lowest BCUT2D eigenvalue weighted by atomic mass is 10.1. The number of anilines is 1. The fraction of sp³-hybridized carbons (Fsp3) is 0.429. The summed E-state index contributed by atoms with van der Waals surface area (Å²) >= 11 is 1.43. The maximum Gasteiger partial charge on any atom is 0.416 e. The predicted molar refractivity (Wildman–Crippen MR) is 77.2 cm³/mol. The standard InChI is InChI=1S/C14H16F3N3S/c1-9(2)6-12-19-20-13(21-12)18-8-10-4-3-5-11(7-10)14(15,16)17/h3-5,7,9H,6,8H2,1-2H3,(H,18,20). The molecule has 1 heterocycles. The molecule has 3 nitrogen and oxygen atoms in total. The van der Waals surface area contributed by atoms with Crippen molar-refractivity contribution in [1.29, 1.82) is 0 Å². The summed E-state index contributed by atoms with van der Waals surface area (Å²) in [5, 5.41) is 12.6. The second kappa shape index (κ2) is 6.43. The van der Waals surface area contributed by atoms with Crippen LogP contribution in [0.4, 0.5) is 18.3 Å². The lowest BCUT2D eigenvalue weighted by Crippen LogP contribution is -2.06. The van der Waals surface area contributed by atoms with Crippen molar-refractivity contribution in [3.05, 3.63) is 40.4 Å². The molecule has 114 valence electrons. The Bertz CT molecular complexity index is 593. The largest absolute Gasteiger partial charge is 0.416 e. The number of rotatable bonds is 5. The van der Waals surface area contributed by atoms with E-state index >= 15 is 0 Å². The molecule has 0 amide bonds. The lowest BCUT2D eigenvalue weighted by molar-refractivity contribution is -0.137. The first-order chi connectivity index (χ1) is 9.84. The van der Waals surface area contributed by atoms with E-state index in [9.17, 15) is 13.2 Å². The van der Waals surface area contributed by atoms with E-state index in [0.717, 1.165) is 23.6 Å². The number of halogens is 3. The zero-order chi connectivity index (χ0) is 15.5. The number of nitrogens with one attached hydrogen (secondary N) is 1. The molecule has 0 fully saturated rings. The highest BCUT2D eigenvalue weighted by Crippen LogP contribution is 2.29. The van der Waals surface area contributed by atoms with Crippen molar-refractivity contribution in [3.8, 4) is 0 Å². The minimum atomic E-state index is -4.32. The van der Waals surface area contributed by atoms with Crippen LogP contribution in [0.5, 0.6) is 0 Å². The third-order valence-corrected chi connectivity index (χ3v) is 3.65. The molecule has 0 aliphatic carbocycles. The first-order valence-electron chi connectivity index (χ1n) is 6.57. The number of hydrogen-bond donors (Lipinski definition) is 1. The number of benzene rings is 1. The van der Waals surface area contributed by atoms with Crippen LogP contribution in [-0.2, 0) is 19.1 Å². The summed E-state index contributed by atoms with van der Waals surface area (Å²) in [4.78, 5) is 0. The molecule has 1 aromatic carbocycles. The Hall–Kier alpha value is -1.63. The van der Waals surface area contributed by atoms with E-state index in [1.165, 1.54) is 17.4 Å². The highest BCUT2D eigenvalue weighted by molar-refractivity contribution is 7.15. The molecular formula is C14H16F3N3S. The Morgan fingerprint density at radius 2 is 2.00 bits per heavy atom. The van der Waals surface area contributed by atoms with Crippen LogP contribution in [-0.4, -0.2) is 10.2 Å². The van der Waals surface area contributed by atoms with Crippen LogP contribution in [0, 0.1) is 5.92 Å². The summed E-state index contributed by atoms with van der Waals surface area (Å²) in [5.74, 6) is 0.495. The molecule has 1 aromatic heterocycles. The Kier molecular flexibility index (Phi) is 4.82. The Balaban J connectivity index is 1.98. The minimum Gasteiger partial charge on any atom is -0.356 e. The van der Waals surface area contributed by atoms with Gasteiger partial charge < -0.3 is 5.32 Å². The van der Waals surface area contributed by atoms with Crippen molar-refractivity contribution in [2.24, 2.45) is 5.92 Å². The number of hydrogen-bond acceptors (Lipinski definition) is 4. The summed E-state index contributed by atoms with van der Waals surface area (Å²) in [6.07, 6.45) is -3.47. The maximum absolute atomic E-state index is 12.6. The number of nitrogens with zero attached hydrogens (tertiary/aromatic N) is 2. The first kappa shape index (κ1) is 15.8. The Labute approximate surface area is 125 Å². The number of aromatic nitrogens is 2. The number of alkyl halides is 3. The highest BCUT2D eigenvalue weighted by Gasteiger charge is 2.30. The van der Waals surface area contributed by atoms with Gasteiger partial charge in [0, 0.05) is 13.0 Å². The van der Waals surface area contributed by atoms with Crippen LogP contribution in [0.25, 0.3) is 0 Å². The second-order valence-electron chi connectivity index (χ2n) is 5.15. The van der Waals surface area contributed by atoms with Gasteiger partial charge in [-0.3, -0.25) is 0 Å². The molecule has 0 unspecified atom stereocenters. The summed E-state index contributed by atoms with van der Waals surface area (Å²) < 4.78 is 37.8. The summed E-state index contributed by atoms with van der Waals surface area (Å²) in [7, 11) is 0. The van der Waals surface area contributed by atoms with E-state index in [4.69, 9.17) is 0 Å². The zero-order valence-corrected chi connectivity index (χ0v) is 12.6. The van der Waals surface area contributed by atoms with E-state index < -0.39 is 11.7 Å². The van der Waals surface area contributed by atoms with Crippen LogP contribution >= 0.6 is 11.3 Å². The molecule has 0 atom stereocenters. The second-order valence-corrected chi connectivity index (χ2v) is 6.21. The van der Waals surface area contributed by atoms with Gasteiger partial charge in [0.15, 0.2) is 0 Å². The lowest BCUT2D eigenvalue weighted by Gasteiger charge is -2.08. The summed E-state index contributed by atoms with van der Waals surface area (Å²) in [6.45, 7) is 4.48. The fourth-order valence-corrected chi connectivity index (χ4v) is 2.74. The average Bonchev–Trinajstić information content (AvgIpc) is 2.82. The van der Waals surface area contributed by atoms with E-state index in [1.54, 1.807) is 6.07 Å². The van der Waals surface area contributed by atoms with E-state index in [1.807, 2.05) is 0 Å². The molecule has 0 saturated carbocycles. The molecule has 0 radical (unpaired) electrons. The van der Waals surface area contributed by atoms with E-state index in [0.29, 0.717) is 23.2 Å². The van der Waals surface area contributed by atoms with E-state index in [2.05, 4.69) is 29.4 Å². The topological polar surface area (TPSA) is 37.8 Å². The quantitative estimate of drug-likeness (QED) is 0.890. The van der Waals surface area contributed by atoms with Crippen LogP contribution < -0.4 is 5.32 Å². The van der Waals surface area contributed by atoms with Crippen molar-refractivity contribution in [1.82, 2.24) is 10.2 Å². The van der Waals surface area contributed by atoms with Crippen molar-refractivity contribution < 1.29 is 13.2 Å². The van der Waals surface area contributed by atoms with Gasteiger partial charge >= 0.3 is 6.18 Å². The van der Waals surface area contributed by atoms with Crippen LogP contribution in [0.1, 0.15) is 30.0 Å². The SMILES string of the molecule is CC(C)Cc1nnc(NCc2cccc(C(F)(F)F)c2)s1. The molecule has 0 saturated heterocycles. The third-order valence-electron chi connectivity index (χ3n) is 2.75. The van der Waals surface area contributed by atoms with Crippen molar-refractivity contribution >= 4 is 16.5 Å². The molecule has 0 bridgehead atoms. The molecule has 0 spiro atoms. The maximum atomic E-state index is 12.6. The van der Waals surface area contributed by atoms with Gasteiger partial charge in [0.2, 0.25) is 5.13 Å². The van der Waals surface area contributed by atoms with Gasteiger partial charge in [0.1, 0.15) is 5.01 Å². The third kappa shape index (κ3) is 4.70. The summed E-state index contributed by atoms with van der Waals surface area (Å²) in [5.41, 5.74) is -0.0787.